The first-order valence-electron chi connectivity index (χ1n) is 6.49. The topological polar surface area (TPSA) is 52.1 Å². The molecule has 0 fully saturated rings. The highest BCUT2D eigenvalue weighted by molar-refractivity contribution is 5.74. The Hall–Kier alpha value is -1.39. The van der Waals surface area contributed by atoms with Crippen molar-refractivity contribution in [3.05, 3.63) is 30.1 Å². The van der Waals surface area contributed by atoms with Gasteiger partial charge in [-0.2, -0.15) is 0 Å². The fourth-order valence-corrected chi connectivity index (χ4v) is 2.07. The number of hydrogen-bond donors (Lipinski definition) is 2. The third-order valence-corrected chi connectivity index (χ3v) is 3.13. The van der Waals surface area contributed by atoms with E-state index in [1.165, 1.54) is 0 Å². The number of aromatic nitrogens is 2. The molecule has 0 aliphatic carbocycles. The Balaban J connectivity index is 2.10. The summed E-state index contributed by atoms with van der Waals surface area (Å²) in [4.78, 5) is 10.2. The van der Waals surface area contributed by atoms with E-state index in [2.05, 4.69) is 28.7 Å². The first kappa shape index (κ1) is 13.1. The molecule has 2 N–H and O–H groups in total. The van der Waals surface area contributed by atoms with Crippen molar-refractivity contribution in [2.75, 3.05) is 13.2 Å². The van der Waals surface area contributed by atoms with Gasteiger partial charge in [-0.05, 0) is 32.4 Å². The summed E-state index contributed by atoms with van der Waals surface area (Å²) in [6, 6.07) is 8.52. The van der Waals surface area contributed by atoms with Crippen molar-refractivity contribution in [1.82, 2.24) is 14.9 Å². The summed E-state index contributed by atoms with van der Waals surface area (Å²) in [5.41, 5.74) is 2.09. The number of imidazole rings is 1. The smallest absolute Gasteiger partial charge is 0.121 e. The van der Waals surface area contributed by atoms with Gasteiger partial charge in [-0.25, -0.2) is 4.98 Å². The Morgan fingerprint density at radius 3 is 2.78 bits per heavy atom. The molecule has 0 bridgehead atoms. The van der Waals surface area contributed by atoms with Gasteiger partial charge in [0.15, 0.2) is 0 Å². The van der Waals surface area contributed by atoms with Crippen molar-refractivity contribution >= 4 is 11.0 Å². The summed E-state index contributed by atoms with van der Waals surface area (Å²) in [5.74, 6) is 0.989. The van der Waals surface area contributed by atoms with Crippen molar-refractivity contribution in [2.45, 2.75) is 32.9 Å². The lowest BCUT2D eigenvalue weighted by molar-refractivity contribution is 0.181. The fraction of sp³-hybridized carbons (Fsp3) is 0.500. The van der Waals surface area contributed by atoms with Crippen LogP contribution < -0.4 is 0 Å². The molecule has 98 valence electrons. The molecule has 2 aromatic rings. The lowest BCUT2D eigenvalue weighted by Crippen LogP contribution is -2.32. The van der Waals surface area contributed by atoms with Gasteiger partial charge >= 0.3 is 0 Å². The van der Waals surface area contributed by atoms with Gasteiger partial charge in [-0.3, -0.25) is 4.90 Å². The number of aliphatic hydroxyl groups is 1. The number of nitrogens with zero attached hydrogens (tertiary/aromatic N) is 2. The third kappa shape index (κ3) is 3.09. The molecule has 1 heterocycles. The number of hydrogen-bond acceptors (Lipinski definition) is 3. The second-order valence-electron chi connectivity index (χ2n) is 4.84. The predicted octanol–water partition coefficient (Wildman–Crippen LogP) is 2.16. The lowest BCUT2D eigenvalue weighted by Gasteiger charge is -2.24. The van der Waals surface area contributed by atoms with Crippen LogP contribution >= 0.6 is 0 Å². The van der Waals surface area contributed by atoms with Gasteiger partial charge in [0.05, 0.1) is 17.6 Å². The van der Waals surface area contributed by atoms with Gasteiger partial charge in [0.1, 0.15) is 5.82 Å². The SMILES string of the molecule is CC(C)N(CCCO)Cc1nc2ccccc2[nH]1. The average molecular weight is 247 g/mol. The van der Waals surface area contributed by atoms with Crippen LogP contribution in [0.1, 0.15) is 26.1 Å². The normalized spacial score (nSPS) is 11.8. The van der Waals surface area contributed by atoms with E-state index in [9.17, 15) is 0 Å². The fourth-order valence-electron chi connectivity index (χ4n) is 2.07. The van der Waals surface area contributed by atoms with E-state index in [0.717, 1.165) is 36.4 Å². The van der Waals surface area contributed by atoms with Gasteiger partial charge in [0.2, 0.25) is 0 Å². The molecule has 4 nitrogen and oxygen atoms in total. The Labute approximate surface area is 108 Å². The molecular weight excluding hydrogens is 226 g/mol. The lowest BCUT2D eigenvalue weighted by atomic mass is 10.3. The molecule has 0 unspecified atom stereocenters. The largest absolute Gasteiger partial charge is 0.396 e. The maximum absolute atomic E-state index is 8.93. The quantitative estimate of drug-likeness (QED) is 0.822. The molecular formula is C14H21N3O. The minimum absolute atomic E-state index is 0.239. The minimum Gasteiger partial charge on any atom is -0.396 e. The predicted molar refractivity (Wildman–Crippen MR) is 73.3 cm³/mol. The van der Waals surface area contributed by atoms with Crippen LogP contribution in [0.2, 0.25) is 0 Å². The van der Waals surface area contributed by atoms with Gasteiger partial charge in [0.25, 0.3) is 0 Å². The van der Waals surface area contributed by atoms with Crippen LogP contribution in [0.5, 0.6) is 0 Å². The number of fused-ring (bicyclic) bond motifs is 1. The highest BCUT2D eigenvalue weighted by Crippen LogP contribution is 2.13. The molecule has 0 saturated carbocycles. The van der Waals surface area contributed by atoms with Crippen LogP contribution in [0, 0.1) is 0 Å². The third-order valence-electron chi connectivity index (χ3n) is 3.13. The van der Waals surface area contributed by atoms with Crippen molar-refractivity contribution in [3.8, 4) is 0 Å². The molecule has 0 radical (unpaired) electrons. The average Bonchev–Trinajstić information content (AvgIpc) is 2.76. The molecule has 2 rings (SSSR count). The Bertz CT molecular complexity index is 459. The number of para-hydroxylation sites is 2. The molecule has 1 aromatic heterocycles. The standard InChI is InChI=1S/C14H21N3O/c1-11(2)17(8-5-9-18)10-14-15-12-6-3-4-7-13(12)16-14/h3-4,6-7,11,18H,5,8-10H2,1-2H3,(H,15,16). The van der Waals surface area contributed by atoms with Crippen molar-refractivity contribution in [3.63, 3.8) is 0 Å². The summed E-state index contributed by atoms with van der Waals surface area (Å²) in [6.07, 6.45) is 0.804. The summed E-state index contributed by atoms with van der Waals surface area (Å²) in [6.45, 7) is 6.26. The summed E-state index contributed by atoms with van der Waals surface area (Å²) in [5, 5.41) is 8.93. The van der Waals surface area contributed by atoms with Crippen LogP contribution in [-0.2, 0) is 6.54 Å². The Morgan fingerprint density at radius 1 is 1.33 bits per heavy atom. The van der Waals surface area contributed by atoms with Crippen LogP contribution in [0.15, 0.2) is 24.3 Å². The van der Waals surface area contributed by atoms with Crippen LogP contribution in [0.25, 0.3) is 11.0 Å². The molecule has 18 heavy (non-hydrogen) atoms. The number of aromatic amines is 1. The summed E-state index contributed by atoms with van der Waals surface area (Å²) >= 11 is 0. The van der Waals surface area contributed by atoms with E-state index in [-0.39, 0.29) is 6.61 Å². The molecule has 0 aliphatic heterocycles. The van der Waals surface area contributed by atoms with Gasteiger partial charge < -0.3 is 10.1 Å². The minimum atomic E-state index is 0.239. The van der Waals surface area contributed by atoms with Crippen molar-refractivity contribution < 1.29 is 5.11 Å². The molecule has 0 spiro atoms. The number of benzene rings is 1. The second kappa shape index (κ2) is 5.98. The zero-order chi connectivity index (χ0) is 13.0. The van der Waals surface area contributed by atoms with Crippen LogP contribution in [-0.4, -0.2) is 39.2 Å². The summed E-state index contributed by atoms with van der Waals surface area (Å²) in [7, 11) is 0. The molecule has 4 heteroatoms. The highest BCUT2D eigenvalue weighted by Gasteiger charge is 2.12. The van der Waals surface area contributed by atoms with Gasteiger partial charge in [-0.15, -0.1) is 0 Å². The van der Waals surface area contributed by atoms with Crippen molar-refractivity contribution in [1.29, 1.82) is 0 Å². The second-order valence-corrected chi connectivity index (χ2v) is 4.84. The Kier molecular flexibility index (Phi) is 4.33. The van der Waals surface area contributed by atoms with Crippen LogP contribution in [0.3, 0.4) is 0 Å². The first-order valence-corrected chi connectivity index (χ1v) is 6.49. The molecule has 0 atom stereocenters. The van der Waals surface area contributed by atoms with Gasteiger partial charge in [0, 0.05) is 19.2 Å². The first-order chi connectivity index (χ1) is 8.70. The van der Waals surface area contributed by atoms with E-state index < -0.39 is 0 Å². The van der Waals surface area contributed by atoms with Crippen LogP contribution in [0.4, 0.5) is 0 Å². The van der Waals surface area contributed by atoms with E-state index in [4.69, 9.17) is 5.11 Å². The Morgan fingerprint density at radius 2 is 2.11 bits per heavy atom. The maximum Gasteiger partial charge on any atom is 0.121 e. The zero-order valence-electron chi connectivity index (χ0n) is 11.1. The molecule has 1 aromatic carbocycles. The van der Waals surface area contributed by atoms with E-state index in [1.54, 1.807) is 0 Å². The van der Waals surface area contributed by atoms with Gasteiger partial charge in [-0.1, -0.05) is 12.1 Å². The zero-order valence-corrected chi connectivity index (χ0v) is 11.1. The molecule has 0 amide bonds. The number of H-pyrrole nitrogens is 1. The maximum atomic E-state index is 8.93. The summed E-state index contributed by atoms with van der Waals surface area (Å²) < 4.78 is 0. The molecule has 0 saturated heterocycles. The number of rotatable bonds is 6. The molecule has 0 aliphatic rings. The van der Waals surface area contributed by atoms with E-state index in [0.29, 0.717) is 6.04 Å². The monoisotopic (exact) mass is 247 g/mol. The number of nitrogens with one attached hydrogen (secondary N) is 1. The van der Waals surface area contributed by atoms with E-state index in [1.807, 2.05) is 24.3 Å². The van der Waals surface area contributed by atoms with E-state index >= 15 is 0 Å². The van der Waals surface area contributed by atoms with Crippen molar-refractivity contribution in [2.24, 2.45) is 0 Å². The number of aliphatic hydroxyl groups excluding tert-OH is 1. The highest BCUT2D eigenvalue weighted by atomic mass is 16.3.